The highest BCUT2D eigenvalue weighted by Crippen LogP contribution is 2.37. The van der Waals surface area contributed by atoms with Crippen LogP contribution < -0.4 is 0 Å². The average molecular weight is 440 g/mol. The minimum Gasteiger partial charge on any atom is -0.465 e. The molecular weight excluding hydrogens is 428 g/mol. The molecule has 160 valence electrons. The van der Waals surface area contributed by atoms with Gasteiger partial charge in [-0.15, -0.1) is 5.10 Å². The smallest absolute Gasteiger partial charge is 0.412 e. The second kappa shape index (κ2) is 7.19. The molecule has 0 aliphatic heterocycles. The maximum Gasteiger partial charge on any atom is 0.412 e. The molecule has 0 saturated carbocycles. The van der Waals surface area contributed by atoms with Crippen molar-refractivity contribution in [3.05, 3.63) is 71.3 Å². The Bertz CT molecular complexity index is 1470. The quantitative estimate of drug-likeness (QED) is 0.285. The van der Waals surface area contributed by atoms with Crippen LogP contribution in [0.5, 0.6) is 6.08 Å². The third kappa shape index (κ3) is 2.99. The van der Waals surface area contributed by atoms with Gasteiger partial charge >= 0.3 is 6.08 Å². The van der Waals surface area contributed by atoms with E-state index in [1.54, 1.807) is 25.1 Å². The van der Waals surface area contributed by atoms with Gasteiger partial charge in [0.05, 0.1) is 22.2 Å². The number of hydrogen-bond acceptors (Lipinski definition) is 5. The first kappa shape index (κ1) is 19.7. The average Bonchev–Trinajstić information content (AvgIpc) is 3.39. The van der Waals surface area contributed by atoms with Crippen LogP contribution in [-0.4, -0.2) is 25.3 Å². The largest absolute Gasteiger partial charge is 0.465 e. The highest BCUT2D eigenvalue weighted by molar-refractivity contribution is 5.92. The van der Waals surface area contributed by atoms with Gasteiger partial charge in [0.2, 0.25) is 0 Å². The fraction of sp³-hybridized carbons (Fsp3) is 0.0455. The molecule has 5 aromatic rings. The number of hydrogen-bond donors (Lipinski definition) is 2. The van der Waals surface area contributed by atoms with Crippen LogP contribution in [0.3, 0.4) is 0 Å². The molecule has 0 unspecified atom stereocenters. The summed E-state index contributed by atoms with van der Waals surface area (Å²) in [5.74, 6) is -6.77. The molecule has 3 aromatic carbocycles. The maximum atomic E-state index is 15.0. The lowest BCUT2D eigenvalue weighted by atomic mass is 10.0. The van der Waals surface area contributed by atoms with Crippen LogP contribution in [0, 0.1) is 30.2 Å². The number of fused-ring (bicyclic) bond motifs is 1. The lowest BCUT2D eigenvalue weighted by molar-refractivity contribution is 0.320. The zero-order valence-corrected chi connectivity index (χ0v) is 16.3. The van der Waals surface area contributed by atoms with E-state index in [0.29, 0.717) is 11.1 Å². The molecule has 5 rings (SSSR count). The lowest BCUT2D eigenvalue weighted by Crippen LogP contribution is -2.04. The van der Waals surface area contributed by atoms with Crippen LogP contribution in [-0.2, 0) is 0 Å². The highest BCUT2D eigenvalue weighted by Gasteiger charge is 2.29. The first-order valence-corrected chi connectivity index (χ1v) is 9.30. The summed E-state index contributed by atoms with van der Waals surface area (Å²) in [6, 6.07) is 10.5. The number of aromatic hydroxyl groups is 1. The number of H-pyrrole nitrogens is 1. The summed E-state index contributed by atoms with van der Waals surface area (Å²) >= 11 is 0. The third-order valence-electron chi connectivity index (χ3n) is 4.94. The standard InChI is InChI=1S/C22H12F4N4O2/c1-9-7-11(21-29-30-22(31)32-21)19-12(8-9)27-20(28-19)14-17(25)15(23)13(16(24)18(14)26)10-5-3-2-4-6-10/h2-8H,1H3,(H,27,28)(H,30,31). The molecule has 0 atom stereocenters. The van der Waals surface area contributed by atoms with E-state index in [2.05, 4.69) is 20.2 Å². The number of rotatable bonds is 3. The zero-order chi connectivity index (χ0) is 22.6. The number of nitrogens with one attached hydrogen (secondary N) is 1. The number of aryl methyl sites for hydroxylation is 1. The molecule has 6 nitrogen and oxygen atoms in total. The van der Waals surface area contributed by atoms with Crippen molar-refractivity contribution in [3.63, 3.8) is 0 Å². The SMILES string of the molecule is Cc1cc(-c2nnc(O)o2)c2nc(-c3c(F)c(F)c(-c4ccccc4)c(F)c3F)[nH]c2c1. The Labute approximate surface area is 177 Å². The van der Waals surface area contributed by atoms with Crippen molar-refractivity contribution in [2.75, 3.05) is 0 Å². The zero-order valence-electron chi connectivity index (χ0n) is 16.3. The Hall–Kier alpha value is -4.21. The van der Waals surface area contributed by atoms with Crippen molar-refractivity contribution in [3.8, 4) is 40.0 Å². The van der Waals surface area contributed by atoms with Crippen molar-refractivity contribution in [1.82, 2.24) is 20.2 Å². The molecule has 32 heavy (non-hydrogen) atoms. The van der Waals surface area contributed by atoms with Crippen molar-refractivity contribution in [2.24, 2.45) is 0 Å². The van der Waals surface area contributed by atoms with Crippen molar-refractivity contribution < 1.29 is 27.1 Å². The van der Waals surface area contributed by atoms with Crippen LogP contribution in [0.2, 0.25) is 0 Å². The minimum absolute atomic E-state index is 0.00873. The van der Waals surface area contributed by atoms with Crippen LogP contribution >= 0.6 is 0 Å². The maximum absolute atomic E-state index is 15.0. The monoisotopic (exact) mass is 440 g/mol. The molecule has 0 radical (unpaired) electrons. The predicted octanol–water partition coefficient (Wildman–Crippen LogP) is 5.52. The van der Waals surface area contributed by atoms with Gasteiger partial charge in [-0.05, 0) is 30.2 Å². The molecule has 2 aromatic heterocycles. The van der Waals surface area contributed by atoms with Crippen LogP contribution in [0.4, 0.5) is 17.6 Å². The van der Waals surface area contributed by atoms with Gasteiger partial charge in [-0.1, -0.05) is 35.4 Å². The van der Waals surface area contributed by atoms with E-state index >= 15 is 0 Å². The molecule has 2 N–H and O–H groups in total. The van der Waals surface area contributed by atoms with Gasteiger partial charge < -0.3 is 14.5 Å². The van der Waals surface area contributed by atoms with Gasteiger partial charge in [0.25, 0.3) is 5.89 Å². The fourth-order valence-electron chi connectivity index (χ4n) is 3.57. The van der Waals surface area contributed by atoms with Gasteiger partial charge in [0, 0.05) is 0 Å². The van der Waals surface area contributed by atoms with E-state index < -0.39 is 46.3 Å². The molecule has 0 bridgehead atoms. The molecule has 0 spiro atoms. The Morgan fingerprint density at radius 2 is 1.53 bits per heavy atom. The van der Waals surface area contributed by atoms with Crippen molar-refractivity contribution >= 4 is 11.0 Å². The molecule has 0 fully saturated rings. The normalized spacial score (nSPS) is 11.4. The molecular formula is C22H12F4N4O2. The summed E-state index contributed by atoms with van der Waals surface area (Å²) in [7, 11) is 0. The van der Waals surface area contributed by atoms with Gasteiger partial charge in [-0.2, -0.15) is 0 Å². The van der Waals surface area contributed by atoms with E-state index in [9.17, 15) is 22.7 Å². The van der Waals surface area contributed by atoms with Gasteiger partial charge in [0.15, 0.2) is 23.3 Å². The summed E-state index contributed by atoms with van der Waals surface area (Å²) in [6.07, 6.45) is -0.678. The second-order valence-corrected chi connectivity index (χ2v) is 7.06. The number of benzene rings is 3. The molecule has 0 aliphatic carbocycles. The lowest BCUT2D eigenvalue weighted by Gasteiger charge is -2.11. The molecule has 2 heterocycles. The Morgan fingerprint density at radius 3 is 2.16 bits per heavy atom. The number of nitrogens with zero attached hydrogens (tertiary/aromatic N) is 3. The Kier molecular flexibility index (Phi) is 4.43. The topological polar surface area (TPSA) is 87.8 Å². The van der Waals surface area contributed by atoms with E-state index in [1.165, 1.54) is 24.3 Å². The summed E-state index contributed by atoms with van der Waals surface area (Å²) < 4.78 is 64.7. The summed E-state index contributed by atoms with van der Waals surface area (Å²) in [5, 5.41) is 16.4. The summed E-state index contributed by atoms with van der Waals surface area (Å²) in [6.45, 7) is 1.73. The van der Waals surface area contributed by atoms with Crippen LogP contribution in [0.25, 0.3) is 45.0 Å². The Morgan fingerprint density at radius 1 is 0.875 bits per heavy atom. The van der Waals surface area contributed by atoms with E-state index in [0.717, 1.165) is 0 Å². The number of halogens is 4. The fourth-order valence-corrected chi connectivity index (χ4v) is 3.57. The van der Waals surface area contributed by atoms with Crippen molar-refractivity contribution in [1.29, 1.82) is 0 Å². The highest BCUT2D eigenvalue weighted by atomic mass is 19.2. The predicted molar refractivity (Wildman–Crippen MR) is 106 cm³/mol. The molecule has 0 aliphatic rings. The van der Waals surface area contributed by atoms with E-state index in [4.69, 9.17) is 4.42 Å². The molecule has 0 saturated heterocycles. The van der Waals surface area contributed by atoms with Crippen molar-refractivity contribution in [2.45, 2.75) is 6.92 Å². The third-order valence-corrected chi connectivity index (χ3v) is 4.94. The second-order valence-electron chi connectivity index (χ2n) is 7.06. The van der Waals surface area contributed by atoms with Gasteiger partial charge in [-0.25, -0.2) is 22.5 Å². The first-order valence-electron chi connectivity index (χ1n) is 9.30. The van der Waals surface area contributed by atoms with Crippen LogP contribution in [0.15, 0.2) is 46.9 Å². The van der Waals surface area contributed by atoms with E-state index in [-0.39, 0.29) is 22.5 Å². The van der Waals surface area contributed by atoms with Gasteiger partial charge in [0.1, 0.15) is 11.3 Å². The molecule has 0 amide bonds. The van der Waals surface area contributed by atoms with Crippen LogP contribution in [0.1, 0.15) is 5.56 Å². The minimum atomic E-state index is -1.59. The molecule has 10 heteroatoms. The number of aromatic amines is 1. The Balaban J connectivity index is 1.75. The number of imidazole rings is 1. The summed E-state index contributed by atoms with van der Waals surface area (Å²) in [5.41, 5.74) is -0.381. The number of aromatic nitrogens is 4. The van der Waals surface area contributed by atoms with E-state index in [1.807, 2.05) is 0 Å². The summed E-state index contributed by atoms with van der Waals surface area (Å²) in [4.78, 5) is 6.83. The first-order chi connectivity index (χ1) is 15.3. The van der Waals surface area contributed by atoms with Gasteiger partial charge in [-0.3, -0.25) is 0 Å².